The summed E-state index contributed by atoms with van der Waals surface area (Å²) in [4.78, 5) is 38.4. The Balaban J connectivity index is 2.33. The van der Waals surface area contributed by atoms with Crippen molar-refractivity contribution in [2.75, 3.05) is 53.1 Å². The molecule has 0 aromatic carbocycles. The molecular weight excluding hydrogens is 288 g/mol. The van der Waals surface area contributed by atoms with Gasteiger partial charge in [-0.3, -0.25) is 9.59 Å². The van der Waals surface area contributed by atoms with Crippen molar-refractivity contribution in [3.63, 3.8) is 0 Å². The van der Waals surface area contributed by atoms with Crippen LogP contribution in [0.3, 0.4) is 0 Å². The zero-order valence-corrected chi connectivity index (χ0v) is 13.5. The third-order valence-electron chi connectivity index (χ3n) is 3.55. The highest BCUT2D eigenvalue weighted by atomic mass is 16.5. The largest absolute Gasteiger partial charge is 0.382 e. The quantitative estimate of drug-likeness (QED) is 0.593. The number of amides is 2. The van der Waals surface area contributed by atoms with E-state index in [1.165, 1.54) is 6.92 Å². The Bertz CT molecular complexity index is 386. The van der Waals surface area contributed by atoms with E-state index in [1.54, 1.807) is 16.9 Å². The van der Waals surface area contributed by atoms with E-state index >= 15 is 0 Å². The van der Waals surface area contributed by atoms with Crippen LogP contribution in [0.5, 0.6) is 0 Å². The van der Waals surface area contributed by atoms with Gasteiger partial charge in [0.2, 0.25) is 11.8 Å². The van der Waals surface area contributed by atoms with Crippen LogP contribution >= 0.6 is 0 Å². The molecule has 7 heteroatoms. The van der Waals surface area contributed by atoms with Crippen LogP contribution in [0.1, 0.15) is 26.2 Å². The van der Waals surface area contributed by atoms with Crippen LogP contribution in [0.4, 0.5) is 0 Å². The van der Waals surface area contributed by atoms with Crippen LogP contribution in [0.25, 0.3) is 0 Å². The second-order valence-electron chi connectivity index (χ2n) is 5.36. The number of carbonyl (C=O) groups excluding carboxylic acids is 3. The second-order valence-corrected chi connectivity index (χ2v) is 5.36. The first-order valence-electron chi connectivity index (χ1n) is 7.66. The number of carbonyl (C=O) groups is 3. The molecule has 0 radical (unpaired) electrons. The molecule has 0 saturated carbocycles. The van der Waals surface area contributed by atoms with Crippen molar-refractivity contribution in [1.29, 1.82) is 0 Å². The van der Waals surface area contributed by atoms with Gasteiger partial charge in [-0.15, -0.1) is 0 Å². The van der Waals surface area contributed by atoms with E-state index in [2.05, 4.69) is 0 Å². The first-order chi connectivity index (χ1) is 10.5. The monoisotopic (exact) mass is 314 g/mol. The lowest BCUT2D eigenvalue weighted by molar-refractivity contribution is -0.137. The van der Waals surface area contributed by atoms with E-state index in [4.69, 9.17) is 9.47 Å². The Labute approximate surface area is 131 Å². The Morgan fingerprint density at radius 2 is 1.55 bits per heavy atom. The fourth-order valence-electron chi connectivity index (χ4n) is 2.25. The molecule has 0 atom stereocenters. The lowest BCUT2D eigenvalue weighted by Crippen LogP contribution is -2.39. The number of methoxy groups -OCH3 is 1. The number of Topliss-reactive ketones (excluding diaryl/α,β-unsaturated/α-hetero) is 1. The molecule has 0 bridgehead atoms. The second kappa shape index (κ2) is 10.3. The Hall–Kier alpha value is -1.47. The smallest absolute Gasteiger partial charge is 0.248 e. The van der Waals surface area contributed by atoms with E-state index in [0.29, 0.717) is 39.4 Å². The SMILES string of the molecule is COCCOCC(=O)N1CCCN(C(=O)CCC(C)=O)CC1. The van der Waals surface area contributed by atoms with Crippen molar-refractivity contribution < 1.29 is 23.9 Å². The van der Waals surface area contributed by atoms with E-state index in [0.717, 1.165) is 6.42 Å². The van der Waals surface area contributed by atoms with Gasteiger partial charge in [0, 0.05) is 46.1 Å². The molecule has 1 fully saturated rings. The molecule has 126 valence electrons. The molecule has 0 unspecified atom stereocenters. The summed E-state index contributed by atoms with van der Waals surface area (Å²) >= 11 is 0. The molecule has 1 aliphatic rings. The molecular formula is C15H26N2O5. The summed E-state index contributed by atoms with van der Waals surface area (Å²) < 4.78 is 10.1. The number of hydrogen-bond donors (Lipinski definition) is 0. The lowest BCUT2D eigenvalue weighted by Gasteiger charge is -2.22. The average molecular weight is 314 g/mol. The molecule has 2 amide bonds. The molecule has 0 spiro atoms. The summed E-state index contributed by atoms with van der Waals surface area (Å²) in [5.74, 6) is -0.0526. The number of rotatable bonds is 8. The van der Waals surface area contributed by atoms with E-state index in [1.807, 2.05) is 0 Å². The van der Waals surface area contributed by atoms with Crippen molar-refractivity contribution in [2.45, 2.75) is 26.2 Å². The summed E-state index contributed by atoms with van der Waals surface area (Å²) in [5, 5.41) is 0. The summed E-state index contributed by atoms with van der Waals surface area (Å²) in [5.41, 5.74) is 0. The van der Waals surface area contributed by atoms with Crippen molar-refractivity contribution >= 4 is 17.6 Å². The normalized spacial score (nSPS) is 15.5. The highest BCUT2D eigenvalue weighted by Crippen LogP contribution is 2.07. The van der Waals surface area contributed by atoms with Gasteiger partial charge in [-0.05, 0) is 13.3 Å². The standard InChI is InChI=1S/C15H26N2O5/c1-13(18)4-5-14(19)16-6-3-7-17(9-8-16)15(20)12-22-11-10-21-2/h3-12H2,1-2H3. The molecule has 1 saturated heterocycles. The fraction of sp³-hybridized carbons (Fsp3) is 0.800. The van der Waals surface area contributed by atoms with Gasteiger partial charge in [0.15, 0.2) is 0 Å². The topological polar surface area (TPSA) is 76.2 Å². The van der Waals surface area contributed by atoms with Gasteiger partial charge in [-0.2, -0.15) is 0 Å². The third kappa shape index (κ3) is 7.00. The van der Waals surface area contributed by atoms with Crippen molar-refractivity contribution in [2.24, 2.45) is 0 Å². The number of ketones is 1. The van der Waals surface area contributed by atoms with Gasteiger partial charge in [-0.25, -0.2) is 0 Å². The van der Waals surface area contributed by atoms with Crippen LogP contribution in [-0.4, -0.2) is 80.5 Å². The van der Waals surface area contributed by atoms with Crippen LogP contribution < -0.4 is 0 Å². The Kier molecular flexibility index (Phi) is 8.69. The highest BCUT2D eigenvalue weighted by molar-refractivity contribution is 5.83. The number of nitrogens with zero attached hydrogens (tertiary/aromatic N) is 2. The minimum atomic E-state index is -0.0610. The van der Waals surface area contributed by atoms with Crippen molar-refractivity contribution in [3.8, 4) is 0 Å². The van der Waals surface area contributed by atoms with Crippen LogP contribution in [-0.2, 0) is 23.9 Å². The molecule has 22 heavy (non-hydrogen) atoms. The molecule has 0 N–H and O–H groups in total. The van der Waals surface area contributed by atoms with Gasteiger partial charge in [0.05, 0.1) is 13.2 Å². The summed E-state index contributed by atoms with van der Waals surface area (Å²) in [6, 6.07) is 0. The van der Waals surface area contributed by atoms with Crippen molar-refractivity contribution in [1.82, 2.24) is 9.80 Å². The zero-order chi connectivity index (χ0) is 16.4. The van der Waals surface area contributed by atoms with Crippen molar-refractivity contribution in [3.05, 3.63) is 0 Å². The van der Waals surface area contributed by atoms with Crippen LogP contribution in [0.15, 0.2) is 0 Å². The minimum absolute atomic E-state index is 0.0131. The fourth-order valence-corrected chi connectivity index (χ4v) is 2.25. The molecule has 7 nitrogen and oxygen atoms in total. The molecule has 0 aromatic rings. The molecule has 0 aromatic heterocycles. The van der Waals surface area contributed by atoms with Gasteiger partial charge < -0.3 is 24.1 Å². The maximum atomic E-state index is 12.0. The first-order valence-corrected chi connectivity index (χ1v) is 7.66. The molecule has 1 aliphatic heterocycles. The van der Waals surface area contributed by atoms with Gasteiger partial charge in [-0.1, -0.05) is 0 Å². The average Bonchev–Trinajstić information content (AvgIpc) is 2.75. The van der Waals surface area contributed by atoms with Gasteiger partial charge in [0.1, 0.15) is 12.4 Å². The Morgan fingerprint density at radius 3 is 2.14 bits per heavy atom. The summed E-state index contributed by atoms with van der Waals surface area (Å²) in [6.45, 7) is 4.67. The van der Waals surface area contributed by atoms with E-state index in [-0.39, 0.29) is 37.0 Å². The van der Waals surface area contributed by atoms with Crippen LogP contribution in [0, 0.1) is 0 Å². The van der Waals surface area contributed by atoms with Crippen LogP contribution in [0.2, 0.25) is 0 Å². The van der Waals surface area contributed by atoms with E-state index in [9.17, 15) is 14.4 Å². The van der Waals surface area contributed by atoms with E-state index < -0.39 is 0 Å². The molecule has 1 rings (SSSR count). The number of ether oxygens (including phenoxy) is 2. The minimum Gasteiger partial charge on any atom is -0.382 e. The third-order valence-corrected chi connectivity index (χ3v) is 3.55. The molecule has 1 heterocycles. The predicted octanol–water partition coefficient (Wildman–Crippen LogP) is 0.0795. The van der Waals surface area contributed by atoms with Gasteiger partial charge in [0.25, 0.3) is 0 Å². The zero-order valence-electron chi connectivity index (χ0n) is 13.5. The Morgan fingerprint density at radius 1 is 0.909 bits per heavy atom. The molecule has 0 aliphatic carbocycles. The first kappa shape index (κ1) is 18.6. The highest BCUT2D eigenvalue weighted by Gasteiger charge is 2.21. The van der Waals surface area contributed by atoms with Gasteiger partial charge >= 0.3 is 0 Å². The maximum absolute atomic E-state index is 12.0. The maximum Gasteiger partial charge on any atom is 0.248 e. The summed E-state index contributed by atoms with van der Waals surface area (Å²) in [7, 11) is 1.58. The predicted molar refractivity (Wildman–Crippen MR) is 80.4 cm³/mol. The number of hydrogen-bond acceptors (Lipinski definition) is 5. The lowest BCUT2D eigenvalue weighted by atomic mass is 10.2. The summed E-state index contributed by atoms with van der Waals surface area (Å²) in [6.07, 6.45) is 1.28.